The molecule has 2 aromatic rings. The van der Waals surface area contributed by atoms with E-state index in [4.69, 9.17) is 0 Å². The molecule has 25 heavy (non-hydrogen) atoms. The van der Waals surface area contributed by atoms with Crippen molar-refractivity contribution in [3.05, 3.63) is 41.3 Å². The molecule has 1 amide bonds. The lowest BCUT2D eigenvalue weighted by molar-refractivity contribution is -0.134. The summed E-state index contributed by atoms with van der Waals surface area (Å²) in [4.78, 5) is 19.8. The molecule has 1 N–H and O–H groups in total. The second-order valence-corrected chi connectivity index (χ2v) is 7.04. The predicted octanol–water partition coefficient (Wildman–Crippen LogP) is 3.05. The van der Waals surface area contributed by atoms with Crippen LogP contribution in [0.4, 0.5) is 4.39 Å². The lowest BCUT2D eigenvalue weighted by Crippen LogP contribution is -2.47. The first-order chi connectivity index (χ1) is 12.0. The summed E-state index contributed by atoms with van der Waals surface area (Å²) in [7, 11) is 2.04. The number of likely N-dealkylation sites (N-methyl/N-ethyl adjacent to an activating group) is 1. The molecule has 1 aliphatic carbocycles. The first kappa shape index (κ1) is 16.3. The Morgan fingerprint density at radius 1 is 1.36 bits per heavy atom. The number of carbonyl (C=O) groups is 1. The number of carbonyl (C=O) groups excluding carboxylic acids is 1. The van der Waals surface area contributed by atoms with Crippen molar-refractivity contribution in [2.45, 2.75) is 26.3 Å². The average molecular weight is 341 g/mol. The number of hydrogen-bond acceptors (Lipinski definition) is 2. The van der Waals surface area contributed by atoms with Crippen LogP contribution in [0.5, 0.6) is 0 Å². The number of fused-ring (bicyclic) bond motifs is 2. The molecule has 2 atom stereocenters. The molecular formula is C20H24FN3O. The van der Waals surface area contributed by atoms with E-state index in [1.807, 2.05) is 37.9 Å². The molecule has 0 saturated carbocycles. The van der Waals surface area contributed by atoms with Crippen molar-refractivity contribution in [3.8, 4) is 0 Å². The van der Waals surface area contributed by atoms with Gasteiger partial charge in [-0.1, -0.05) is 18.2 Å². The number of benzene rings is 1. The molecule has 1 aromatic heterocycles. The smallest absolute Gasteiger partial charge is 0.230 e. The van der Waals surface area contributed by atoms with Crippen LogP contribution in [-0.2, 0) is 11.2 Å². The second kappa shape index (κ2) is 5.99. The molecule has 0 fully saturated rings. The molecule has 2 aliphatic rings. The quantitative estimate of drug-likeness (QED) is 0.932. The van der Waals surface area contributed by atoms with Gasteiger partial charge < -0.3 is 9.88 Å². The van der Waals surface area contributed by atoms with Crippen LogP contribution in [0.2, 0.25) is 0 Å². The summed E-state index contributed by atoms with van der Waals surface area (Å²) >= 11 is 0. The highest BCUT2D eigenvalue weighted by molar-refractivity contribution is 5.99. The topological polar surface area (TPSA) is 39.3 Å². The molecule has 1 aromatic carbocycles. The maximum atomic E-state index is 14.4. The van der Waals surface area contributed by atoms with Gasteiger partial charge >= 0.3 is 0 Å². The van der Waals surface area contributed by atoms with Crippen molar-refractivity contribution in [2.24, 2.45) is 5.92 Å². The molecule has 4 nitrogen and oxygen atoms in total. The lowest BCUT2D eigenvalue weighted by atomic mass is 9.79. The number of halogens is 1. The highest BCUT2D eigenvalue weighted by Crippen LogP contribution is 2.41. The van der Waals surface area contributed by atoms with Gasteiger partial charge in [0.1, 0.15) is 0 Å². The Labute approximate surface area is 147 Å². The number of nitrogens with one attached hydrogen (secondary N) is 1. The van der Waals surface area contributed by atoms with Gasteiger partial charge in [-0.25, -0.2) is 0 Å². The predicted molar refractivity (Wildman–Crippen MR) is 97.8 cm³/mol. The van der Waals surface area contributed by atoms with E-state index in [9.17, 15) is 9.18 Å². The van der Waals surface area contributed by atoms with Crippen LogP contribution in [0.25, 0.3) is 16.5 Å². The summed E-state index contributed by atoms with van der Waals surface area (Å²) in [6.07, 6.45) is 2.78. The Balaban J connectivity index is 1.83. The van der Waals surface area contributed by atoms with Gasteiger partial charge in [0.2, 0.25) is 5.91 Å². The van der Waals surface area contributed by atoms with Crippen molar-refractivity contribution in [1.29, 1.82) is 0 Å². The SMILES string of the molecule is CCN(CC)C(=O)[C@@H]1C=C2c3cccc4[nH]c(F)c(c34)CC2N(C)C1. The Morgan fingerprint density at radius 3 is 2.84 bits per heavy atom. The summed E-state index contributed by atoms with van der Waals surface area (Å²) in [5, 5.41) is 0.979. The summed E-state index contributed by atoms with van der Waals surface area (Å²) < 4.78 is 14.4. The van der Waals surface area contributed by atoms with Gasteiger partial charge in [0.05, 0.1) is 5.92 Å². The highest BCUT2D eigenvalue weighted by Gasteiger charge is 2.37. The second-order valence-electron chi connectivity index (χ2n) is 7.04. The fourth-order valence-electron chi connectivity index (χ4n) is 4.42. The first-order valence-corrected chi connectivity index (χ1v) is 9.05. The van der Waals surface area contributed by atoms with Crippen LogP contribution in [-0.4, -0.2) is 53.4 Å². The summed E-state index contributed by atoms with van der Waals surface area (Å²) in [6, 6.07) is 6.05. The molecule has 2 heterocycles. The van der Waals surface area contributed by atoms with E-state index in [0.717, 1.165) is 40.7 Å². The zero-order valence-corrected chi connectivity index (χ0v) is 15.0. The van der Waals surface area contributed by atoms with E-state index < -0.39 is 0 Å². The minimum absolute atomic E-state index is 0.129. The lowest BCUT2D eigenvalue weighted by Gasteiger charge is -2.40. The highest BCUT2D eigenvalue weighted by atomic mass is 19.1. The van der Waals surface area contributed by atoms with Gasteiger partial charge in [-0.2, -0.15) is 4.39 Å². The number of hydrogen-bond donors (Lipinski definition) is 1. The molecule has 132 valence electrons. The number of H-pyrrole nitrogens is 1. The van der Waals surface area contributed by atoms with Crippen LogP contribution in [0.1, 0.15) is 25.0 Å². The van der Waals surface area contributed by atoms with Gasteiger partial charge in [-0.15, -0.1) is 0 Å². The number of rotatable bonds is 3. The standard InChI is InChI=1S/C20H24FN3O/c1-4-24(5-2)20(25)12-9-14-13-7-6-8-16-18(13)15(19(21)22-16)10-17(14)23(3)11-12/h6-9,12,17,22H,4-5,10-11H2,1-3H3/t12-,17?/m1/s1. The summed E-state index contributed by atoms with van der Waals surface area (Å²) in [6.45, 7) is 6.16. The van der Waals surface area contributed by atoms with E-state index in [-0.39, 0.29) is 23.8 Å². The van der Waals surface area contributed by atoms with E-state index in [2.05, 4.69) is 22.0 Å². The molecule has 0 saturated heterocycles. The fourth-order valence-corrected chi connectivity index (χ4v) is 4.42. The van der Waals surface area contributed by atoms with Gasteiger partial charge in [0.25, 0.3) is 0 Å². The summed E-state index contributed by atoms with van der Waals surface area (Å²) in [5.74, 6) is -0.186. The molecule has 5 heteroatoms. The van der Waals surface area contributed by atoms with Crippen LogP contribution >= 0.6 is 0 Å². The fraction of sp³-hybridized carbons (Fsp3) is 0.450. The number of nitrogens with zero attached hydrogens (tertiary/aromatic N) is 2. The maximum absolute atomic E-state index is 14.4. The third-order valence-electron chi connectivity index (χ3n) is 5.73. The van der Waals surface area contributed by atoms with Crippen LogP contribution in [0.15, 0.2) is 24.3 Å². The number of amides is 1. The molecule has 4 rings (SSSR count). The first-order valence-electron chi connectivity index (χ1n) is 9.05. The Bertz CT molecular complexity index is 865. The van der Waals surface area contributed by atoms with Gasteiger partial charge in [-0.05, 0) is 44.5 Å². The van der Waals surface area contributed by atoms with Crippen molar-refractivity contribution < 1.29 is 9.18 Å². The Hall–Kier alpha value is -2.14. The number of aromatic amines is 1. The van der Waals surface area contributed by atoms with Gasteiger partial charge in [0.15, 0.2) is 5.95 Å². The van der Waals surface area contributed by atoms with Crippen molar-refractivity contribution in [1.82, 2.24) is 14.8 Å². The molecule has 0 radical (unpaired) electrons. The van der Waals surface area contributed by atoms with Crippen LogP contribution < -0.4 is 0 Å². The minimum Gasteiger partial charge on any atom is -0.343 e. The van der Waals surface area contributed by atoms with Crippen molar-refractivity contribution in [3.63, 3.8) is 0 Å². The summed E-state index contributed by atoms with van der Waals surface area (Å²) in [5.41, 5.74) is 3.83. The van der Waals surface area contributed by atoms with Crippen molar-refractivity contribution >= 4 is 22.4 Å². The normalized spacial score (nSPS) is 22.6. The molecular weight excluding hydrogens is 317 g/mol. The third-order valence-corrected chi connectivity index (χ3v) is 5.73. The van der Waals surface area contributed by atoms with E-state index in [1.165, 1.54) is 0 Å². The Kier molecular flexibility index (Phi) is 3.91. The molecule has 0 spiro atoms. The number of aromatic nitrogens is 1. The largest absolute Gasteiger partial charge is 0.343 e. The minimum atomic E-state index is -0.226. The van der Waals surface area contributed by atoms with Crippen LogP contribution in [0, 0.1) is 11.9 Å². The zero-order valence-electron chi connectivity index (χ0n) is 15.0. The zero-order chi connectivity index (χ0) is 17.7. The molecule has 0 bridgehead atoms. The third kappa shape index (κ3) is 2.41. The van der Waals surface area contributed by atoms with E-state index >= 15 is 0 Å². The monoisotopic (exact) mass is 341 g/mol. The molecule has 1 unspecified atom stereocenters. The van der Waals surface area contributed by atoms with E-state index in [0.29, 0.717) is 13.0 Å². The molecule has 1 aliphatic heterocycles. The van der Waals surface area contributed by atoms with E-state index in [1.54, 1.807) is 0 Å². The van der Waals surface area contributed by atoms with Gasteiger partial charge in [-0.3, -0.25) is 9.69 Å². The Morgan fingerprint density at radius 2 is 2.12 bits per heavy atom. The maximum Gasteiger partial charge on any atom is 0.230 e. The average Bonchev–Trinajstić information content (AvgIpc) is 2.93. The van der Waals surface area contributed by atoms with Crippen molar-refractivity contribution in [2.75, 3.05) is 26.7 Å². The van der Waals surface area contributed by atoms with Crippen LogP contribution in [0.3, 0.4) is 0 Å². The van der Waals surface area contributed by atoms with Gasteiger partial charge in [0, 0.05) is 42.1 Å².